The van der Waals surface area contributed by atoms with Crippen molar-refractivity contribution >= 4 is 21.6 Å². The van der Waals surface area contributed by atoms with E-state index in [0.29, 0.717) is 29.9 Å². The van der Waals surface area contributed by atoms with Crippen LogP contribution in [-0.4, -0.2) is 29.0 Å². The number of halogens is 1. The van der Waals surface area contributed by atoms with Crippen molar-refractivity contribution in [2.75, 3.05) is 18.5 Å². The lowest BCUT2D eigenvalue weighted by molar-refractivity contribution is 0.141. The molecule has 102 valence electrons. The second-order valence-electron chi connectivity index (χ2n) is 4.11. The molecule has 6 heteroatoms. The normalized spacial score (nSPS) is 12.4. The van der Waals surface area contributed by atoms with E-state index in [1.54, 1.807) is 6.20 Å². The molecule has 1 atom stereocenters. The van der Waals surface area contributed by atoms with Crippen molar-refractivity contribution in [2.45, 2.75) is 39.8 Å². The Balaban J connectivity index is 2.79. The zero-order valence-corrected chi connectivity index (χ0v) is 12.7. The van der Waals surface area contributed by atoms with Gasteiger partial charge in [-0.25, -0.2) is 4.68 Å². The summed E-state index contributed by atoms with van der Waals surface area (Å²) in [5.74, 6) is 0. The zero-order chi connectivity index (χ0) is 13.5. The highest BCUT2D eigenvalue weighted by atomic mass is 79.9. The van der Waals surface area contributed by atoms with Gasteiger partial charge in [0.15, 0.2) is 0 Å². The summed E-state index contributed by atoms with van der Waals surface area (Å²) < 4.78 is 7.30. The van der Waals surface area contributed by atoms with E-state index < -0.39 is 0 Å². The number of anilines is 1. The van der Waals surface area contributed by atoms with Gasteiger partial charge in [-0.3, -0.25) is 4.79 Å². The zero-order valence-electron chi connectivity index (χ0n) is 11.1. The van der Waals surface area contributed by atoms with Crippen LogP contribution in [0.3, 0.4) is 0 Å². The molecule has 1 aromatic heterocycles. The number of aromatic nitrogens is 2. The number of ether oxygens (including phenoxy) is 1. The number of rotatable bonds is 7. The quantitative estimate of drug-likeness (QED) is 0.838. The van der Waals surface area contributed by atoms with Crippen molar-refractivity contribution in [2.24, 2.45) is 0 Å². The molecule has 0 radical (unpaired) electrons. The first-order valence-corrected chi connectivity index (χ1v) is 6.99. The molecule has 1 rings (SSSR count). The Labute approximate surface area is 116 Å². The lowest BCUT2D eigenvalue weighted by Gasteiger charge is -2.16. The van der Waals surface area contributed by atoms with Crippen LogP contribution in [-0.2, 0) is 11.3 Å². The molecule has 0 aliphatic rings. The Bertz CT molecular complexity index is 434. The van der Waals surface area contributed by atoms with Gasteiger partial charge >= 0.3 is 0 Å². The standard InChI is InChI=1S/C12H20BrN3O2/c1-4-6-16-12(17)11(13)10(7-14-16)15-9(3)8-18-5-2/h7,9,15H,4-6,8H2,1-3H3. The maximum atomic E-state index is 12.0. The molecule has 0 amide bonds. The van der Waals surface area contributed by atoms with Crippen molar-refractivity contribution in [3.63, 3.8) is 0 Å². The third kappa shape index (κ3) is 4.10. The van der Waals surface area contributed by atoms with E-state index in [0.717, 1.165) is 6.42 Å². The Hall–Kier alpha value is -0.880. The molecular formula is C12H20BrN3O2. The largest absolute Gasteiger partial charge is 0.380 e. The fourth-order valence-corrected chi connectivity index (χ4v) is 1.96. The van der Waals surface area contributed by atoms with Gasteiger partial charge in [0.05, 0.1) is 18.5 Å². The van der Waals surface area contributed by atoms with Crippen molar-refractivity contribution in [1.29, 1.82) is 0 Å². The summed E-state index contributed by atoms with van der Waals surface area (Å²) in [6.07, 6.45) is 2.55. The first-order valence-electron chi connectivity index (χ1n) is 6.20. The molecule has 5 nitrogen and oxygen atoms in total. The van der Waals surface area contributed by atoms with Gasteiger partial charge in [0, 0.05) is 19.2 Å². The van der Waals surface area contributed by atoms with Crippen LogP contribution in [0.2, 0.25) is 0 Å². The minimum absolute atomic E-state index is 0.106. The molecule has 0 spiro atoms. The summed E-state index contributed by atoms with van der Waals surface area (Å²) in [6.45, 7) is 7.88. The predicted molar refractivity (Wildman–Crippen MR) is 76.1 cm³/mol. The molecule has 1 N–H and O–H groups in total. The lowest BCUT2D eigenvalue weighted by atomic mass is 10.3. The molecule has 1 aromatic rings. The highest BCUT2D eigenvalue weighted by Gasteiger charge is 2.10. The number of hydrogen-bond donors (Lipinski definition) is 1. The third-order valence-corrected chi connectivity index (χ3v) is 3.16. The maximum Gasteiger partial charge on any atom is 0.283 e. The summed E-state index contributed by atoms with van der Waals surface area (Å²) in [5, 5.41) is 7.34. The highest BCUT2D eigenvalue weighted by Crippen LogP contribution is 2.17. The Morgan fingerprint density at radius 1 is 1.56 bits per heavy atom. The van der Waals surface area contributed by atoms with Gasteiger partial charge in [0.2, 0.25) is 0 Å². The number of hydrogen-bond acceptors (Lipinski definition) is 4. The third-order valence-electron chi connectivity index (χ3n) is 2.39. The first kappa shape index (κ1) is 15.2. The van der Waals surface area contributed by atoms with E-state index in [4.69, 9.17) is 4.74 Å². The molecular weight excluding hydrogens is 298 g/mol. The molecule has 1 heterocycles. The van der Waals surface area contributed by atoms with Crippen molar-refractivity contribution in [1.82, 2.24) is 9.78 Å². The summed E-state index contributed by atoms with van der Waals surface area (Å²) in [7, 11) is 0. The average Bonchev–Trinajstić information content (AvgIpc) is 2.36. The number of aryl methyl sites for hydroxylation is 1. The smallest absolute Gasteiger partial charge is 0.283 e. The van der Waals surface area contributed by atoms with E-state index in [2.05, 4.69) is 26.3 Å². The van der Waals surface area contributed by atoms with Crippen LogP contribution in [0.5, 0.6) is 0 Å². The van der Waals surface area contributed by atoms with E-state index in [9.17, 15) is 4.79 Å². The summed E-state index contributed by atoms with van der Waals surface area (Å²) in [6, 6.07) is 0.129. The van der Waals surface area contributed by atoms with Crippen LogP contribution < -0.4 is 10.9 Å². The van der Waals surface area contributed by atoms with Gasteiger partial charge in [0.25, 0.3) is 5.56 Å². The molecule has 0 saturated carbocycles. The van der Waals surface area contributed by atoms with Gasteiger partial charge in [-0.2, -0.15) is 5.10 Å². The minimum Gasteiger partial charge on any atom is -0.380 e. The number of nitrogens with one attached hydrogen (secondary N) is 1. The number of nitrogens with zero attached hydrogens (tertiary/aromatic N) is 2. The van der Waals surface area contributed by atoms with E-state index in [1.807, 2.05) is 20.8 Å². The van der Waals surface area contributed by atoms with Crippen LogP contribution in [0.15, 0.2) is 15.5 Å². The van der Waals surface area contributed by atoms with E-state index in [-0.39, 0.29) is 11.6 Å². The first-order chi connectivity index (χ1) is 8.60. The molecule has 18 heavy (non-hydrogen) atoms. The second kappa shape index (κ2) is 7.53. The Kier molecular flexibility index (Phi) is 6.35. The molecule has 0 aliphatic heterocycles. The Morgan fingerprint density at radius 3 is 2.89 bits per heavy atom. The van der Waals surface area contributed by atoms with Crippen LogP contribution in [0, 0.1) is 0 Å². The SMILES string of the molecule is CCCn1ncc(NC(C)COCC)c(Br)c1=O. The molecule has 0 aromatic carbocycles. The van der Waals surface area contributed by atoms with Crippen LogP contribution in [0.1, 0.15) is 27.2 Å². The molecule has 1 unspecified atom stereocenters. The van der Waals surface area contributed by atoms with Gasteiger partial charge in [-0.05, 0) is 36.2 Å². The van der Waals surface area contributed by atoms with Crippen LogP contribution in [0.4, 0.5) is 5.69 Å². The van der Waals surface area contributed by atoms with Crippen molar-refractivity contribution in [3.05, 3.63) is 21.0 Å². The summed E-state index contributed by atoms with van der Waals surface area (Å²) in [5.41, 5.74) is 0.602. The summed E-state index contributed by atoms with van der Waals surface area (Å²) in [4.78, 5) is 12.0. The second-order valence-corrected chi connectivity index (χ2v) is 4.90. The van der Waals surface area contributed by atoms with Gasteiger partial charge in [-0.15, -0.1) is 0 Å². The van der Waals surface area contributed by atoms with Gasteiger partial charge < -0.3 is 10.1 Å². The maximum absolute atomic E-state index is 12.0. The topological polar surface area (TPSA) is 56.1 Å². The van der Waals surface area contributed by atoms with Gasteiger partial charge in [0.1, 0.15) is 4.47 Å². The molecule has 0 aliphatic carbocycles. The van der Waals surface area contributed by atoms with E-state index >= 15 is 0 Å². The van der Waals surface area contributed by atoms with Crippen LogP contribution >= 0.6 is 15.9 Å². The Morgan fingerprint density at radius 2 is 2.28 bits per heavy atom. The predicted octanol–water partition coefficient (Wildman–Crippen LogP) is 2.25. The highest BCUT2D eigenvalue weighted by molar-refractivity contribution is 9.10. The van der Waals surface area contributed by atoms with E-state index in [1.165, 1.54) is 4.68 Å². The van der Waals surface area contributed by atoms with Crippen molar-refractivity contribution in [3.8, 4) is 0 Å². The minimum atomic E-state index is -0.106. The summed E-state index contributed by atoms with van der Waals surface area (Å²) >= 11 is 3.32. The molecule has 0 bridgehead atoms. The average molecular weight is 318 g/mol. The van der Waals surface area contributed by atoms with Gasteiger partial charge in [-0.1, -0.05) is 6.92 Å². The fraction of sp³-hybridized carbons (Fsp3) is 0.667. The molecule has 0 saturated heterocycles. The fourth-order valence-electron chi connectivity index (χ4n) is 1.54. The van der Waals surface area contributed by atoms with Crippen LogP contribution in [0.25, 0.3) is 0 Å². The van der Waals surface area contributed by atoms with Crippen molar-refractivity contribution < 1.29 is 4.74 Å². The lowest BCUT2D eigenvalue weighted by Crippen LogP contribution is -2.27. The monoisotopic (exact) mass is 317 g/mol. The molecule has 0 fully saturated rings.